The Hall–Kier alpha value is -3.29. The summed E-state index contributed by atoms with van der Waals surface area (Å²) >= 11 is 0. The molecule has 0 saturated carbocycles. The lowest BCUT2D eigenvalue weighted by Gasteiger charge is -2.21. The number of alkyl halides is 3. The van der Waals surface area contributed by atoms with E-state index in [9.17, 15) is 13.2 Å². The highest BCUT2D eigenvalue weighted by molar-refractivity contribution is 5.69. The summed E-state index contributed by atoms with van der Waals surface area (Å²) in [6.45, 7) is 7.87. The van der Waals surface area contributed by atoms with E-state index in [0.29, 0.717) is 23.0 Å². The van der Waals surface area contributed by atoms with Crippen LogP contribution in [0.4, 0.5) is 30.6 Å². The number of ether oxygens (including phenoxy) is 1. The normalized spacial score (nSPS) is 11.8. The van der Waals surface area contributed by atoms with Crippen LogP contribution in [0, 0.1) is 6.92 Å². The number of nitrogens with one attached hydrogen (secondary N) is 2. The predicted molar refractivity (Wildman–Crippen MR) is 112 cm³/mol. The van der Waals surface area contributed by atoms with E-state index >= 15 is 0 Å². The maximum absolute atomic E-state index is 12.6. The third-order valence-electron chi connectivity index (χ3n) is 3.98. The highest BCUT2D eigenvalue weighted by Gasteiger charge is 2.31. The van der Waals surface area contributed by atoms with Gasteiger partial charge in [-0.05, 0) is 51.5 Å². The molecular formula is C22H23F3N4O. The second-order valence-electron chi connectivity index (χ2n) is 7.85. The molecule has 2 aromatic carbocycles. The van der Waals surface area contributed by atoms with Crippen molar-refractivity contribution in [3.05, 3.63) is 60.2 Å². The molecule has 3 aromatic rings. The van der Waals surface area contributed by atoms with Crippen molar-refractivity contribution in [1.82, 2.24) is 9.97 Å². The van der Waals surface area contributed by atoms with Gasteiger partial charge in [0.2, 0.25) is 5.95 Å². The van der Waals surface area contributed by atoms with Gasteiger partial charge >= 0.3 is 6.36 Å². The number of hydrogen-bond donors (Lipinski definition) is 2. The molecule has 30 heavy (non-hydrogen) atoms. The first kappa shape index (κ1) is 21.4. The molecule has 0 saturated heterocycles. The number of aryl methyl sites for hydroxylation is 1. The van der Waals surface area contributed by atoms with Gasteiger partial charge in [0.15, 0.2) is 0 Å². The first-order chi connectivity index (χ1) is 14.0. The Morgan fingerprint density at radius 2 is 1.63 bits per heavy atom. The van der Waals surface area contributed by atoms with E-state index in [4.69, 9.17) is 0 Å². The Morgan fingerprint density at radius 1 is 0.900 bits per heavy atom. The third-order valence-corrected chi connectivity index (χ3v) is 3.98. The van der Waals surface area contributed by atoms with Crippen LogP contribution in [0.2, 0.25) is 0 Å². The molecular weight excluding hydrogens is 393 g/mol. The first-order valence-corrected chi connectivity index (χ1v) is 9.35. The van der Waals surface area contributed by atoms with Gasteiger partial charge in [0.1, 0.15) is 11.6 Å². The molecule has 0 unspecified atom stereocenters. The summed E-state index contributed by atoms with van der Waals surface area (Å²) in [6, 6.07) is 15.1. The van der Waals surface area contributed by atoms with Crippen LogP contribution >= 0.6 is 0 Å². The number of aromatic nitrogens is 2. The second kappa shape index (κ2) is 8.22. The molecule has 8 heteroatoms. The molecule has 0 amide bonds. The highest BCUT2D eigenvalue weighted by Crippen LogP contribution is 2.30. The van der Waals surface area contributed by atoms with Gasteiger partial charge < -0.3 is 15.4 Å². The summed E-state index contributed by atoms with van der Waals surface area (Å²) in [5, 5.41) is 6.47. The maximum Gasteiger partial charge on any atom is 0.573 e. The molecule has 3 rings (SSSR count). The Balaban J connectivity index is 2.02. The van der Waals surface area contributed by atoms with Gasteiger partial charge in [0.05, 0.1) is 5.69 Å². The van der Waals surface area contributed by atoms with Gasteiger partial charge in [-0.15, -0.1) is 13.2 Å². The zero-order valence-electron chi connectivity index (χ0n) is 17.1. The summed E-state index contributed by atoms with van der Waals surface area (Å²) < 4.78 is 41.8. The Kier molecular flexibility index (Phi) is 5.87. The number of rotatable bonds is 5. The quantitative estimate of drug-likeness (QED) is 0.511. The summed E-state index contributed by atoms with van der Waals surface area (Å²) in [6.07, 6.45) is -4.76. The first-order valence-electron chi connectivity index (χ1n) is 9.35. The van der Waals surface area contributed by atoms with Crippen LogP contribution in [0.15, 0.2) is 54.6 Å². The van der Waals surface area contributed by atoms with Crippen molar-refractivity contribution in [2.45, 2.75) is 39.6 Å². The van der Waals surface area contributed by atoms with Crippen LogP contribution in [0.5, 0.6) is 5.75 Å². The number of anilines is 3. The molecule has 158 valence electrons. The molecule has 0 atom stereocenters. The monoisotopic (exact) mass is 416 g/mol. The highest BCUT2D eigenvalue weighted by atomic mass is 19.4. The topological polar surface area (TPSA) is 59.1 Å². The van der Waals surface area contributed by atoms with Crippen molar-refractivity contribution in [3.63, 3.8) is 0 Å². The molecule has 0 aliphatic rings. The Labute approximate surface area is 173 Å². The summed E-state index contributed by atoms with van der Waals surface area (Å²) in [5.74, 6) is 0.568. The fourth-order valence-corrected chi connectivity index (χ4v) is 2.75. The van der Waals surface area contributed by atoms with E-state index in [1.807, 2.05) is 52.0 Å². The van der Waals surface area contributed by atoms with E-state index in [1.165, 1.54) is 18.2 Å². The minimum atomic E-state index is -4.76. The van der Waals surface area contributed by atoms with E-state index in [0.717, 1.165) is 11.3 Å². The summed E-state index contributed by atoms with van der Waals surface area (Å²) in [7, 11) is 0. The minimum absolute atomic E-state index is 0.306. The molecule has 0 radical (unpaired) electrons. The van der Waals surface area contributed by atoms with E-state index in [2.05, 4.69) is 25.3 Å². The molecule has 5 nitrogen and oxygen atoms in total. The Morgan fingerprint density at radius 3 is 2.30 bits per heavy atom. The largest absolute Gasteiger partial charge is 0.573 e. The molecule has 2 N–H and O–H groups in total. The number of nitrogens with zero attached hydrogens (tertiary/aromatic N) is 2. The van der Waals surface area contributed by atoms with Gasteiger partial charge in [-0.3, -0.25) is 0 Å². The van der Waals surface area contributed by atoms with Crippen LogP contribution in [-0.2, 0) is 0 Å². The molecule has 1 aromatic heterocycles. The fourth-order valence-electron chi connectivity index (χ4n) is 2.75. The molecule has 0 spiro atoms. The van der Waals surface area contributed by atoms with Crippen molar-refractivity contribution in [2.24, 2.45) is 0 Å². The van der Waals surface area contributed by atoms with Crippen LogP contribution in [-0.4, -0.2) is 21.9 Å². The average molecular weight is 416 g/mol. The molecule has 1 heterocycles. The zero-order chi connectivity index (χ0) is 21.9. The van der Waals surface area contributed by atoms with E-state index in [-0.39, 0.29) is 11.3 Å². The molecule has 0 fully saturated rings. The van der Waals surface area contributed by atoms with Gasteiger partial charge in [-0.25, -0.2) is 4.98 Å². The lowest BCUT2D eigenvalue weighted by molar-refractivity contribution is -0.274. The number of para-hydroxylation sites is 1. The third kappa shape index (κ3) is 6.10. The number of halogens is 3. The average Bonchev–Trinajstić information content (AvgIpc) is 2.61. The smallest absolute Gasteiger partial charge is 0.406 e. The van der Waals surface area contributed by atoms with Gasteiger partial charge in [0, 0.05) is 22.9 Å². The van der Waals surface area contributed by atoms with E-state index in [1.54, 1.807) is 12.1 Å². The molecule has 0 aliphatic heterocycles. The number of hydrogen-bond acceptors (Lipinski definition) is 5. The summed E-state index contributed by atoms with van der Waals surface area (Å²) in [5.41, 5.74) is 2.53. The van der Waals surface area contributed by atoms with Crippen molar-refractivity contribution < 1.29 is 17.9 Å². The fraction of sp³-hybridized carbons (Fsp3) is 0.273. The van der Waals surface area contributed by atoms with E-state index < -0.39 is 6.36 Å². The lowest BCUT2D eigenvalue weighted by Crippen LogP contribution is -2.27. The van der Waals surface area contributed by atoms with Gasteiger partial charge in [-0.2, -0.15) is 4.98 Å². The van der Waals surface area contributed by atoms with Crippen LogP contribution in [0.1, 0.15) is 26.3 Å². The van der Waals surface area contributed by atoms with Crippen LogP contribution < -0.4 is 15.4 Å². The Bertz CT molecular complexity index is 1030. The van der Waals surface area contributed by atoms with Gasteiger partial charge in [0.25, 0.3) is 0 Å². The summed E-state index contributed by atoms with van der Waals surface area (Å²) in [4.78, 5) is 9.01. The van der Waals surface area contributed by atoms with Crippen molar-refractivity contribution in [3.8, 4) is 17.0 Å². The lowest BCUT2D eigenvalue weighted by atomic mass is 10.1. The van der Waals surface area contributed by atoms with Gasteiger partial charge in [-0.1, -0.05) is 30.3 Å². The van der Waals surface area contributed by atoms with Crippen molar-refractivity contribution in [2.75, 3.05) is 10.6 Å². The SMILES string of the molecule is Cc1ccccc1Nc1cc(-c2cccc(OC(F)(F)F)c2)nc(NC(C)(C)C)n1. The van der Waals surface area contributed by atoms with Crippen molar-refractivity contribution >= 4 is 17.5 Å². The second-order valence-corrected chi connectivity index (χ2v) is 7.85. The zero-order valence-corrected chi connectivity index (χ0v) is 17.1. The van der Waals surface area contributed by atoms with Crippen molar-refractivity contribution in [1.29, 1.82) is 0 Å². The standard InChI is InChI=1S/C22H23F3N4O/c1-14-8-5-6-11-17(14)26-19-13-18(27-20(28-19)29-21(2,3)4)15-9-7-10-16(12-15)30-22(23,24)25/h5-13H,1-4H3,(H2,26,27,28,29). The maximum atomic E-state index is 12.6. The van der Waals surface area contributed by atoms with Crippen LogP contribution in [0.25, 0.3) is 11.3 Å². The molecule has 0 aliphatic carbocycles. The molecule has 0 bridgehead atoms. The number of benzene rings is 2. The minimum Gasteiger partial charge on any atom is -0.406 e. The van der Waals surface area contributed by atoms with Crippen LogP contribution in [0.3, 0.4) is 0 Å². The predicted octanol–water partition coefficient (Wildman–Crippen LogP) is 6.30.